The molecule has 0 saturated carbocycles. The summed E-state index contributed by atoms with van der Waals surface area (Å²) in [5.41, 5.74) is 1.32. The van der Waals surface area contributed by atoms with Crippen LogP contribution in [0, 0.1) is 0 Å². The summed E-state index contributed by atoms with van der Waals surface area (Å²) in [4.78, 5) is 0. The first-order chi connectivity index (χ1) is 4.88. The molecule has 1 heterocycles. The predicted octanol–water partition coefficient (Wildman–Crippen LogP) is 2.20. The van der Waals surface area contributed by atoms with Crippen molar-refractivity contribution in [2.75, 3.05) is 6.54 Å². The summed E-state index contributed by atoms with van der Waals surface area (Å²) in [6.07, 6.45) is 0. The van der Waals surface area contributed by atoms with Gasteiger partial charge in [0.25, 0.3) is 0 Å². The van der Waals surface area contributed by atoms with Gasteiger partial charge in [-0.3, -0.25) is 0 Å². The number of rotatable bonds is 1. The van der Waals surface area contributed by atoms with Gasteiger partial charge in [0.1, 0.15) is 0 Å². The summed E-state index contributed by atoms with van der Waals surface area (Å²) in [7, 11) is 0. The smallest absolute Gasteiger partial charge is 0.0642 e. The van der Waals surface area contributed by atoms with E-state index < -0.39 is 0 Å². The average Bonchev–Trinajstić information content (AvgIpc) is 2.69. The third-order valence-electron chi connectivity index (χ3n) is 1.74. The summed E-state index contributed by atoms with van der Waals surface area (Å²) in [6.45, 7) is 0.992. The Kier molecular flexibility index (Phi) is 1.40. The van der Waals surface area contributed by atoms with Crippen molar-refractivity contribution in [2.45, 2.75) is 6.04 Å². The number of nitrogens with zero attached hydrogens (tertiary/aromatic N) is 1. The van der Waals surface area contributed by atoms with E-state index in [2.05, 4.69) is 12.1 Å². The van der Waals surface area contributed by atoms with Gasteiger partial charge in [-0.05, 0) is 17.3 Å². The first kappa shape index (κ1) is 6.20. The van der Waals surface area contributed by atoms with E-state index >= 15 is 0 Å². The molecule has 1 fully saturated rings. The fourth-order valence-corrected chi connectivity index (χ4v) is 1.30. The van der Waals surface area contributed by atoms with Gasteiger partial charge in [-0.1, -0.05) is 30.3 Å². The second-order valence-electron chi connectivity index (χ2n) is 2.51. The lowest BCUT2D eigenvalue weighted by atomic mass is 10.2. The van der Waals surface area contributed by atoms with Gasteiger partial charge in [0, 0.05) is 6.54 Å². The maximum absolute atomic E-state index is 5.72. The van der Waals surface area contributed by atoms with Crippen molar-refractivity contribution in [3.63, 3.8) is 0 Å². The highest BCUT2D eigenvalue weighted by molar-refractivity contribution is 6.15. The van der Waals surface area contributed by atoms with Crippen molar-refractivity contribution >= 4 is 11.8 Å². The highest BCUT2D eigenvalue weighted by Gasteiger charge is 2.33. The molecule has 1 aliphatic rings. The van der Waals surface area contributed by atoms with Crippen LogP contribution in [0.5, 0.6) is 0 Å². The van der Waals surface area contributed by atoms with Crippen molar-refractivity contribution in [1.29, 1.82) is 0 Å². The summed E-state index contributed by atoms with van der Waals surface area (Å²) < 4.78 is 1.80. The van der Waals surface area contributed by atoms with Crippen molar-refractivity contribution in [3.8, 4) is 0 Å². The SMILES string of the molecule is ClN1CC1c1ccccc1. The molecule has 0 radical (unpaired) electrons. The molecule has 10 heavy (non-hydrogen) atoms. The van der Waals surface area contributed by atoms with Crippen molar-refractivity contribution in [3.05, 3.63) is 35.9 Å². The summed E-state index contributed by atoms with van der Waals surface area (Å²) in [6, 6.07) is 10.8. The minimum absolute atomic E-state index is 0.475. The fourth-order valence-electron chi connectivity index (χ4n) is 1.06. The Morgan fingerprint density at radius 2 is 1.90 bits per heavy atom. The van der Waals surface area contributed by atoms with Crippen LogP contribution in [0.1, 0.15) is 11.6 Å². The molecule has 1 aromatic carbocycles. The molecule has 1 nitrogen and oxygen atoms in total. The Morgan fingerprint density at radius 3 is 2.40 bits per heavy atom. The van der Waals surface area contributed by atoms with E-state index in [1.807, 2.05) is 18.2 Å². The minimum Gasteiger partial charge on any atom is -0.209 e. The molecule has 0 bridgehead atoms. The number of benzene rings is 1. The maximum atomic E-state index is 5.72. The highest BCUT2D eigenvalue weighted by Crippen LogP contribution is 2.35. The molecule has 52 valence electrons. The van der Waals surface area contributed by atoms with Crippen LogP contribution < -0.4 is 0 Å². The highest BCUT2D eigenvalue weighted by atomic mass is 35.5. The van der Waals surface area contributed by atoms with E-state index in [9.17, 15) is 0 Å². The lowest BCUT2D eigenvalue weighted by molar-refractivity contribution is 0.819. The van der Waals surface area contributed by atoms with Crippen LogP contribution in [0.4, 0.5) is 0 Å². The minimum atomic E-state index is 0.475. The molecule has 2 heteroatoms. The van der Waals surface area contributed by atoms with Crippen molar-refractivity contribution in [2.24, 2.45) is 0 Å². The average molecular weight is 154 g/mol. The second-order valence-corrected chi connectivity index (χ2v) is 2.94. The van der Waals surface area contributed by atoms with Gasteiger partial charge in [0.2, 0.25) is 0 Å². The molecule has 1 aromatic rings. The molecule has 1 saturated heterocycles. The van der Waals surface area contributed by atoms with Crippen LogP contribution in [-0.4, -0.2) is 11.0 Å². The Bertz CT molecular complexity index is 222. The summed E-state index contributed by atoms with van der Waals surface area (Å²) in [5, 5.41) is 0. The first-order valence-corrected chi connectivity index (χ1v) is 3.69. The zero-order chi connectivity index (χ0) is 6.97. The third-order valence-corrected chi connectivity index (χ3v) is 2.11. The number of halogens is 1. The Hall–Kier alpha value is -0.530. The van der Waals surface area contributed by atoms with E-state index in [1.165, 1.54) is 5.56 Å². The van der Waals surface area contributed by atoms with E-state index in [-0.39, 0.29) is 0 Å². The molecule has 0 amide bonds. The number of hydrogen-bond acceptors (Lipinski definition) is 1. The van der Waals surface area contributed by atoms with E-state index in [0.29, 0.717) is 6.04 Å². The van der Waals surface area contributed by atoms with Crippen LogP contribution >= 0.6 is 11.8 Å². The Balaban J connectivity index is 2.20. The Labute approximate surface area is 65.3 Å². The normalized spacial score (nSPS) is 30.1. The van der Waals surface area contributed by atoms with Crippen LogP contribution in [0.15, 0.2) is 30.3 Å². The first-order valence-electron chi connectivity index (χ1n) is 3.35. The zero-order valence-corrected chi connectivity index (χ0v) is 6.25. The third kappa shape index (κ3) is 1.02. The van der Waals surface area contributed by atoms with Gasteiger partial charge < -0.3 is 0 Å². The molecule has 2 rings (SSSR count). The van der Waals surface area contributed by atoms with Crippen LogP contribution in [0.3, 0.4) is 0 Å². The van der Waals surface area contributed by atoms with Gasteiger partial charge in [0.05, 0.1) is 6.04 Å². The molecule has 0 aliphatic carbocycles. The number of hydrogen-bond donors (Lipinski definition) is 0. The van der Waals surface area contributed by atoms with Gasteiger partial charge in [-0.25, -0.2) is 4.42 Å². The van der Waals surface area contributed by atoms with E-state index in [0.717, 1.165) is 6.54 Å². The summed E-state index contributed by atoms with van der Waals surface area (Å²) in [5.74, 6) is 0. The quantitative estimate of drug-likeness (QED) is 0.442. The van der Waals surface area contributed by atoms with Crippen LogP contribution in [-0.2, 0) is 0 Å². The predicted molar refractivity (Wildman–Crippen MR) is 41.7 cm³/mol. The standard InChI is InChI=1S/C8H8ClN/c9-10-6-8(10)7-4-2-1-3-5-7/h1-5,8H,6H2. The largest absolute Gasteiger partial charge is 0.209 e. The molecule has 1 aliphatic heterocycles. The van der Waals surface area contributed by atoms with Crippen LogP contribution in [0.25, 0.3) is 0 Å². The topological polar surface area (TPSA) is 3.01 Å². The molecule has 0 N–H and O–H groups in total. The second kappa shape index (κ2) is 2.26. The van der Waals surface area contributed by atoms with E-state index in [1.54, 1.807) is 4.42 Å². The van der Waals surface area contributed by atoms with Gasteiger partial charge in [-0.2, -0.15) is 0 Å². The summed E-state index contributed by atoms with van der Waals surface area (Å²) >= 11 is 5.72. The van der Waals surface area contributed by atoms with Crippen molar-refractivity contribution in [1.82, 2.24) is 4.42 Å². The van der Waals surface area contributed by atoms with Gasteiger partial charge >= 0.3 is 0 Å². The fraction of sp³-hybridized carbons (Fsp3) is 0.250. The lowest BCUT2D eigenvalue weighted by Gasteiger charge is -1.93. The molecule has 2 atom stereocenters. The van der Waals surface area contributed by atoms with Gasteiger partial charge in [-0.15, -0.1) is 0 Å². The molecular formula is C8H8ClN. The molecular weight excluding hydrogens is 146 g/mol. The molecule has 2 unspecified atom stereocenters. The zero-order valence-electron chi connectivity index (χ0n) is 5.50. The Morgan fingerprint density at radius 1 is 1.30 bits per heavy atom. The van der Waals surface area contributed by atoms with E-state index in [4.69, 9.17) is 11.8 Å². The van der Waals surface area contributed by atoms with Gasteiger partial charge in [0.15, 0.2) is 0 Å². The maximum Gasteiger partial charge on any atom is 0.0642 e. The van der Waals surface area contributed by atoms with Crippen LogP contribution in [0.2, 0.25) is 0 Å². The monoisotopic (exact) mass is 153 g/mol. The molecule has 0 aromatic heterocycles. The molecule has 0 spiro atoms. The lowest BCUT2D eigenvalue weighted by Crippen LogP contribution is -1.80. The van der Waals surface area contributed by atoms with Crippen molar-refractivity contribution < 1.29 is 0 Å².